The number of thioether (sulfide) groups is 1. The summed E-state index contributed by atoms with van der Waals surface area (Å²) in [5, 5.41) is 18.8. The van der Waals surface area contributed by atoms with Gasteiger partial charge in [0.15, 0.2) is 0 Å². The van der Waals surface area contributed by atoms with E-state index in [-0.39, 0.29) is 18.5 Å². The van der Waals surface area contributed by atoms with Crippen LogP contribution in [0.5, 0.6) is 0 Å². The van der Waals surface area contributed by atoms with E-state index in [2.05, 4.69) is 16.0 Å². The van der Waals surface area contributed by atoms with Crippen LogP contribution in [-0.4, -0.2) is 104 Å². The molecule has 0 spiro atoms. The van der Waals surface area contributed by atoms with E-state index in [0.29, 0.717) is 31.6 Å². The minimum atomic E-state index is -2.51. The third kappa shape index (κ3) is 19.9. The monoisotopic (exact) mass is 499 g/mol. The highest BCUT2D eigenvalue weighted by Crippen LogP contribution is 2.10. The maximum atomic E-state index is 11.3. The van der Waals surface area contributed by atoms with Gasteiger partial charge in [0.05, 0.1) is 6.42 Å². The smallest absolute Gasteiger partial charge is 0.463 e. The van der Waals surface area contributed by atoms with Crippen molar-refractivity contribution >= 4 is 32.4 Å². The molecule has 192 valence electrons. The second-order valence-corrected chi connectivity index (χ2v) is 11.2. The Hall–Kier alpha value is -0.733. The summed E-state index contributed by atoms with van der Waals surface area (Å²) in [6, 6.07) is 1.01. The molecule has 0 aromatic rings. The van der Waals surface area contributed by atoms with Crippen LogP contribution in [0.4, 0.5) is 0 Å². The number of ether oxygens (including phenoxy) is 1. The summed E-state index contributed by atoms with van der Waals surface area (Å²) in [5.41, 5.74) is 0. The zero-order chi connectivity index (χ0) is 24.8. The Labute approximate surface area is 199 Å². The van der Waals surface area contributed by atoms with E-state index in [1.165, 1.54) is 6.92 Å². The molecule has 0 aliphatic heterocycles. The van der Waals surface area contributed by atoms with Crippen LogP contribution in [0.2, 0.25) is 6.04 Å². The Morgan fingerprint density at radius 3 is 2.12 bits per heavy atom. The van der Waals surface area contributed by atoms with Crippen LogP contribution in [0.1, 0.15) is 33.6 Å². The Kier molecular flexibility index (Phi) is 23.1. The van der Waals surface area contributed by atoms with Gasteiger partial charge < -0.3 is 39.1 Å². The SMILES string of the molecule is CCC(C)NC(C)=O.CO[Si](CCNCCNCC(O)COC(=O)CCSC)(OC)OC. The highest BCUT2D eigenvalue weighted by Gasteiger charge is 2.36. The molecular formula is C20H45N3O7SSi. The molecule has 2 unspecified atom stereocenters. The van der Waals surface area contributed by atoms with E-state index in [0.717, 1.165) is 25.3 Å². The van der Waals surface area contributed by atoms with Crippen LogP contribution in [0.25, 0.3) is 0 Å². The fourth-order valence-corrected chi connectivity index (χ4v) is 4.29. The van der Waals surface area contributed by atoms with Crippen LogP contribution in [0.15, 0.2) is 0 Å². The maximum Gasteiger partial charge on any atom is 0.501 e. The van der Waals surface area contributed by atoms with Crippen LogP contribution < -0.4 is 16.0 Å². The van der Waals surface area contributed by atoms with Crippen molar-refractivity contribution in [2.24, 2.45) is 0 Å². The number of hydrogen-bond acceptors (Lipinski definition) is 10. The average Bonchev–Trinajstić information content (AvgIpc) is 2.78. The summed E-state index contributed by atoms with van der Waals surface area (Å²) in [5.74, 6) is 0.518. The van der Waals surface area contributed by atoms with Crippen molar-refractivity contribution in [3.05, 3.63) is 0 Å². The molecule has 0 aliphatic rings. The number of hydrogen-bond donors (Lipinski definition) is 4. The van der Waals surface area contributed by atoms with Gasteiger partial charge in [-0.2, -0.15) is 11.8 Å². The lowest BCUT2D eigenvalue weighted by Crippen LogP contribution is -2.45. The number of esters is 1. The average molecular weight is 500 g/mol. The number of rotatable bonds is 18. The fourth-order valence-electron chi connectivity index (χ4n) is 2.32. The van der Waals surface area contributed by atoms with E-state index in [4.69, 9.17) is 18.0 Å². The molecule has 0 saturated heterocycles. The summed E-state index contributed by atoms with van der Waals surface area (Å²) < 4.78 is 21.0. The molecule has 0 rings (SSSR count). The topological polar surface area (TPSA) is 127 Å². The molecule has 1 amide bonds. The first kappa shape index (κ1) is 33.4. The normalized spacial score (nSPS) is 13.0. The second-order valence-electron chi connectivity index (χ2n) is 7.09. The highest BCUT2D eigenvalue weighted by molar-refractivity contribution is 7.98. The third-order valence-electron chi connectivity index (χ3n) is 4.41. The summed E-state index contributed by atoms with van der Waals surface area (Å²) >= 11 is 1.59. The fraction of sp³-hybridized carbons (Fsp3) is 0.900. The first-order chi connectivity index (χ1) is 15.2. The predicted octanol–water partition coefficient (Wildman–Crippen LogP) is 0.622. The molecule has 0 radical (unpaired) electrons. The Morgan fingerprint density at radius 2 is 1.66 bits per heavy atom. The Bertz CT molecular complexity index is 466. The van der Waals surface area contributed by atoms with Crippen molar-refractivity contribution in [2.75, 3.05) is 66.1 Å². The molecule has 0 fully saturated rings. The molecule has 0 bridgehead atoms. The standard InChI is InChI=1S/C14H32N2O6SSi.C6H13NO/c1-19-24(20-2,21-3)10-8-15-6-7-16-11-13(17)12-22-14(18)5-9-23-4;1-4-5(2)7-6(3)8/h13,15-17H,5-12H2,1-4H3;5H,4H2,1-3H3,(H,7,8). The van der Waals surface area contributed by atoms with Gasteiger partial charge in [-0.3, -0.25) is 9.59 Å². The minimum absolute atomic E-state index is 0.0251. The van der Waals surface area contributed by atoms with Crippen molar-refractivity contribution in [2.45, 2.75) is 51.8 Å². The van der Waals surface area contributed by atoms with Gasteiger partial charge in [0.2, 0.25) is 5.91 Å². The molecule has 2 atom stereocenters. The molecule has 10 nitrogen and oxygen atoms in total. The Morgan fingerprint density at radius 1 is 1.06 bits per heavy atom. The van der Waals surface area contributed by atoms with Crippen LogP contribution in [0, 0.1) is 0 Å². The minimum Gasteiger partial charge on any atom is -0.463 e. The van der Waals surface area contributed by atoms with Crippen LogP contribution in [0.3, 0.4) is 0 Å². The van der Waals surface area contributed by atoms with Gasteiger partial charge in [0.25, 0.3) is 0 Å². The van der Waals surface area contributed by atoms with E-state index in [1.54, 1.807) is 33.1 Å². The molecule has 0 aliphatic carbocycles. The van der Waals surface area contributed by atoms with Crippen molar-refractivity contribution in [1.82, 2.24) is 16.0 Å². The lowest BCUT2D eigenvalue weighted by molar-refractivity contribution is -0.146. The number of carbonyl (C=O) groups is 2. The van der Waals surface area contributed by atoms with Gasteiger partial charge in [0, 0.05) is 65.7 Å². The zero-order valence-corrected chi connectivity index (χ0v) is 22.6. The number of nitrogens with one attached hydrogen (secondary N) is 3. The summed E-state index contributed by atoms with van der Waals surface area (Å²) in [7, 11) is 2.27. The molecule has 0 aromatic heterocycles. The van der Waals surface area contributed by atoms with E-state index in [1.807, 2.05) is 20.1 Å². The van der Waals surface area contributed by atoms with Gasteiger partial charge in [-0.25, -0.2) is 0 Å². The van der Waals surface area contributed by atoms with Gasteiger partial charge in [-0.05, 0) is 26.1 Å². The number of aliphatic hydroxyl groups is 1. The van der Waals surface area contributed by atoms with Crippen LogP contribution in [-0.2, 0) is 27.6 Å². The molecule has 12 heteroatoms. The molecule has 0 heterocycles. The molecule has 0 aromatic carbocycles. The largest absolute Gasteiger partial charge is 0.501 e. The molecule has 32 heavy (non-hydrogen) atoms. The summed E-state index contributed by atoms with van der Waals surface area (Å²) in [6.07, 6.45) is 2.61. The van der Waals surface area contributed by atoms with Crippen molar-refractivity contribution in [3.8, 4) is 0 Å². The molecule has 0 saturated carbocycles. The molecular weight excluding hydrogens is 454 g/mol. The number of aliphatic hydroxyl groups excluding tert-OH is 1. The zero-order valence-electron chi connectivity index (χ0n) is 20.8. The van der Waals surface area contributed by atoms with Crippen molar-refractivity contribution < 1.29 is 32.7 Å². The third-order valence-corrected chi connectivity index (χ3v) is 7.75. The second kappa shape index (κ2) is 22.1. The summed E-state index contributed by atoms with van der Waals surface area (Å²) in [6.45, 7) is 8.12. The van der Waals surface area contributed by atoms with E-state index < -0.39 is 14.9 Å². The lowest BCUT2D eigenvalue weighted by Gasteiger charge is -2.24. The highest BCUT2D eigenvalue weighted by atomic mass is 32.2. The number of carbonyl (C=O) groups excluding carboxylic acids is 2. The van der Waals surface area contributed by atoms with E-state index in [9.17, 15) is 14.7 Å². The van der Waals surface area contributed by atoms with Gasteiger partial charge in [0.1, 0.15) is 12.7 Å². The molecule has 4 N–H and O–H groups in total. The van der Waals surface area contributed by atoms with Crippen molar-refractivity contribution in [1.29, 1.82) is 0 Å². The van der Waals surface area contributed by atoms with Crippen LogP contribution >= 0.6 is 11.8 Å². The van der Waals surface area contributed by atoms with Gasteiger partial charge in [-0.1, -0.05) is 6.92 Å². The lowest BCUT2D eigenvalue weighted by atomic mass is 10.3. The van der Waals surface area contributed by atoms with Gasteiger partial charge >= 0.3 is 14.8 Å². The predicted molar refractivity (Wildman–Crippen MR) is 131 cm³/mol. The quantitative estimate of drug-likeness (QED) is 0.121. The maximum absolute atomic E-state index is 11.3. The summed E-state index contributed by atoms with van der Waals surface area (Å²) in [4.78, 5) is 21.6. The first-order valence-electron chi connectivity index (χ1n) is 10.9. The van der Waals surface area contributed by atoms with Crippen molar-refractivity contribution in [3.63, 3.8) is 0 Å². The van der Waals surface area contributed by atoms with Gasteiger partial charge in [-0.15, -0.1) is 0 Å². The first-order valence-corrected chi connectivity index (χ1v) is 14.2. The number of amides is 1. The Balaban J connectivity index is 0. The van der Waals surface area contributed by atoms with E-state index >= 15 is 0 Å².